The average molecular weight is 400 g/mol. The molecule has 0 fully saturated rings. The number of halogens is 1. The van der Waals surface area contributed by atoms with Gasteiger partial charge in [-0.2, -0.15) is 5.10 Å². The highest BCUT2D eigenvalue weighted by atomic mass is 35.5. The van der Waals surface area contributed by atoms with Crippen molar-refractivity contribution in [3.63, 3.8) is 0 Å². The molecule has 3 aromatic rings. The summed E-state index contributed by atoms with van der Waals surface area (Å²) in [7, 11) is 0. The molecule has 1 amide bonds. The van der Waals surface area contributed by atoms with E-state index in [1.165, 1.54) is 0 Å². The Hall–Kier alpha value is -3.20. The first kappa shape index (κ1) is 19.6. The van der Waals surface area contributed by atoms with E-state index in [1.54, 1.807) is 35.3 Å². The van der Waals surface area contributed by atoms with Crippen LogP contribution in [0.4, 0.5) is 5.82 Å². The Kier molecular flexibility index (Phi) is 6.74. The standard InChI is InChI=1S/C18H18ClN7O2/c19-13-6-7-20-15(9-13)10-18(28)21-17-5-4-14(22-24-17)3-1-2-8-26-11-16(12-27)23-25-26/h4-7,9,11-12H,1-3,8,10H2,(H,21,24,28). The zero-order valence-corrected chi connectivity index (χ0v) is 15.7. The van der Waals surface area contributed by atoms with Crippen molar-refractivity contribution in [1.82, 2.24) is 30.2 Å². The summed E-state index contributed by atoms with van der Waals surface area (Å²) in [6.45, 7) is 0.681. The number of carbonyl (C=O) groups is 2. The van der Waals surface area contributed by atoms with Crippen LogP contribution in [0.5, 0.6) is 0 Å². The van der Waals surface area contributed by atoms with Crippen molar-refractivity contribution in [2.45, 2.75) is 32.2 Å². The molecule has 10 heteroatoms. The molecule has 0 aliphatic heterocycles. The minimum Gasteiger partial charge on any atom is -0.309 e. The van der Waals surface area contributed by atoms with Gasteiger partial charge in [0.05, 0.1) is 24.0 Å². The minimum atomic E-state index is -0.237. The zero-order valence-electron chi connectivity index (χ0n) is 15.0. The smallest absolute Gasteiger partial charge is 0.231 e. The van der Waals surface area contributed by atoms with E-state index in [4.69, 9.17) is 11.6 Å². The van der Waals surface area contributed by atoms with Gasteiger partial charge < -0.3 is 5.32 Å². The Bertz CT molecular complexity index is 943. The zero-order chi connectivity index (χ0) is 19.8. The van der Waals surface area contributed by atoms with E-state index in [1.807, 2.05) is 6.07 Å². The van der Waals surface area contributed by atoms with Crippen LogP contribution in [-0.2, 0) is 24.2 Å². The van der Waals surface area contributed by atoms with E-state index in [0.29, 0.717) is 35.1 Å². The number of anilines is 1. The summed E-state index contributed by atoms with van der Waals surface area (Å²) < 4.78 is 1.64. The van der Waals surface area contributed by atoms with Gasteiger partial charge in [0.2, 0.25) is 5.91 Å². The van der Waals surface area contributed by atoms with E-state index in [2.05, 4.69) is 30.8 Å². The highest BCUT2D eigenvalue weighted by Gasteiger charge is 2.07. The largest absolute Gasteiger partial charge is 0.309 e. The van der Waals surface area contributed by atoms with Crippen LogP contribution in [0, 0.1) is 0 Å². The monoisotopic (exact) mass is 399 g/mol. The number of nitrogens with one attached hydrogen (secondary N) is 1. The predicted molar refractivity (Wildman–Crippen MR) is 102 cm³/mol. The molecule has 0 saturated carbocycles. The van der Waals surface area contributed by atoms with Crippen LogP contribution in [0.15, 0.2) is 36.7 Å². The number of unbranched alkanes of at least 4 members (excludes halogenated alkanes) is 1. The Morgan fingerprint density at radius 3 is 2.75 bits per heavy atom. The molecule has 28 heavy (non-hydrogen) atoms. The van der Waals surface area contributed by atoms with Crippen LogP contribution >= 0.6 is 11.6 Å². The number of rotatable bonds is 9. The van der Waals surface area contributed by atoms with Crippen molar-refractivity contribution in [1.29, 1.82) is 0 Å². The molecule has 144 valence electrons. The summed E-state index contributed by atoms with van der Waals surface area (Å²) in [5, 5.41) is 19.0. The second-order valence-electron chi connectivity index (χ2n) is 6.08. The Balaban J connectivity index is 1.41. The van der Waals surface area contributed by atoms with Gasteiger partial charge in [-0.3, -0.25) is 19.3 Å². The Labute approximate surface area is 166 Å². The Morgan fingerprint density at radius 1 is 1.14 bits per heavy atom. The number of aromatic nitrogens is 6. The number of aryl methyl sites for hydroxylation is 2. The third-order valence-electron chi connectivity index (χ3n) is 3.85. The fourth-order valence-electron chi connectivity index (χ4n) is 2.51. The quantitative estimate of drug-likeness (QED) is 0.432. The number of pyridine rings is 1. The number of hydrogen-bond acceptors (Lipinski definition) is 7. The lowest BCUT2D eigenvalue weighted by atomic mass is 10.2. The van der Waals surface area contributed by atoms with Crippen molar-refractivity contribution in [2.75, 3.05) is 5.32 Å². The topological polar surface area (TPSA) is 116 Å². The van der Waals surface area contributed by atoms with Crippen molar-refractivity contribution in [2.24, 2.45) is 0 Å². The summed E-state index contributed by atoms with van der Waals surface area (Å²) in [4.78, 5) is 26.7. The van der Waals surface area contributed by atoms with Gasteiger partial charge in [0.15, 0.2) is 12.1 Å². The van der Waals surface area contributed by atoms with Crippen molar-refractivity contribution < 1.29 is 9.59 Å². The lowest BCUT2D eigenvalue weighted by Crippen LogP contribution is -2.16. The number of carbonyl (C=O) groups excluding carboxylic acids is 2. The van der Waals surface area contributed by atoms with Crippen LogP contribution < -0.4 is 5.32 Å². The lowest BCUT2D eigenvalue weighted by Gasteiger charge is -2.05. The average Bonchev–Trinajstić information content (AvgIpc) is 3.14. The first-order valence-electron chi connectivity index (χ1n) is 8.70. The van der Waals surface area contributed by atoms with Crippen LogP contribution in [0.3, 0.4) is 0 Å². The molecule has 0 aliphatic carbocycles. The maximum Gasteiger partial charge on any atom is 0.231 e. The first-order valence-corrected chi connectivity index (χ1v) is 9.08. The van der Waals surface area contributed by atoms with Crippen LogP contribution in [-0.4, -0.2) is 42.4 Å². The van der Waals surface area contributed by atoms with Crippen molar-refractivity contribution in [3.8, 4) is 0 Å². The molecular weight excluding hydrogens is 382 g/mol. The van der Waals surface area contributed by atoms with E-state index in [9.17, 15) is 9.59 Å². The molecule has 3 heterocycles. The maximum absolute atomic E-state index is 12.1. The highest BCUT2D eigenvalue weighted by Crippen LogP contribution is 2.10. The van der Waals surface area contributed by atoms with Gasteiger partial charge in [0.1, 0.15) is 5.69 Å². The predicted octanol–water partition coefficient (Wildman–Crippen LogP) is 2.13. The maximum atomic E-state index is 12.1. The van der Waals surface area contributed by atoms with E-state index >= 15 is 0 Å². The van der Waals surface area contributed by atoms with E-state index in [0.717, 1.165) is 25.0 Å². The molecule has 3 rings (SSSR count). The second-order valence-corrected chi connectivity index (χ2v) is 6.52. The first-order chi connectivity index (χ1) is 13.6. The number of hydrogen-bond donors (Lipinski definition) is 1. The number of nitrogens with zero attached hydrogens (tertiary/aromatic N) is 6. The molecule has 0 aromatic carbocycles. The molecule has 0 bridgehead atoms. The summed E-state index contributed by atoms with van der Waals surface area (Å²) in [5.74, 6) is 0.152. The lowest BCUT2D eigenvalue weighted by molar-refractivity contribution is -0.115. The van der Waals surface area contributed by atoms with Crippen LogP contribution in [0.1, 0.15) is 34.7 Å². The molecule has 0 aliphatic rings. The van der Waals surface area contributed by atoms with Crippen molar-refractivity contribution >= 4 is 29.6 Å². The van der Waals surface area contributed by atoms with Gasteiger partial charge in [-0.05, 0) is 43.5 Å². The summed E-state index contributed by atoms with van der Waals surface area (Å²) in [6.07, 6.45) is 6.46. The van der Waals surface area contributed by atoms with Gasteiger partial charge >= 0.3 is 0 Å². The Morgan fingerprint density at radius 2 is 2.04 bits per heavy atom. The SMILES string of the molecule is O=Cc1cn(CCCCc2ccc(NC(=O)Cc3cc(Cl)ccn3)nn2)nn1. The molecular formula is C18H18ClN7O2. The number of amides is 1. The van der Waals surface area contributed by atoms with Gasteiger partial charge in [0, 0.05) is 17.8 Å². The van der Waals surface area contributed by atoms with Gasteiger partial charge in [-0.25, -0.2) is 0 Å². The summed E-state index contributed by atoms with van der Waals surface area (Å²) >= 11 is 5.88. The van der Waals surface area contributed by atoms with Crippen LogP contribution in [0.25, 0.3) is 0 Å². The second kappa shape index (κ2) is 9.65. The molecule has 0 saturated heterocycles. The third kappa shape index (κ3) is 5.92. The molecule has 3 aromatic heterocycles. The molecule has 9 nitrogen and oxygen atoms in total. The molecule has 0 unspecified atom stereocenters. The summed E-state index contributed by atoms with van der Waals surface area (Å²) in [5.41, 5.74) is 1.75. The molecule has 0 radical (unpaired) electrons. The van der Waals surface area contributed by atoms with Crippen LogP contribution in [0.2, 0.25) is 5.02 Å². The van der Waals surface area contributed by atoms with Crippen molar-refractivity contribution in [3.05, 3.63) is 58.8 Å². The third-order valence-corrected chi connectivity index (χ3v) is 4.09. The molecule has 0 spiro atoms. The van der Waals surface area contributed by atoms with Gasteiger partial charge in [-0.1, -0.05) is 16.8 Å². The van der Waals surface area contributed by atoms with Gasteiger partial charge in [0.25, 0.3) is 0 Å². The minimum absolute atomic E-state index is 0.109. The fraction of sp³-hybridized carbons (Fsp3) is 0.278. The highest BCUT2D eigenvalue weighted by molar-refractivity contribution is 6.30. The van der Waals surface area contributed by atoms with Gasteiger partial charge in [-0.15, -0.1) is 10.2 Å². The fourth-order valence-corrected chi connectivity index (χ4v) is 2.70. The normalized spacial score (nSPS) is 10.6. The van der Waals surface area contributed by atoms with E-state index in [-0.39, 0.29) is 12.3 Å². The summed E-state index contributed by atoms with van der Waals surface area (Å²) in [6, 6.07) is 6.86. The van der Waals surface area contributed by atoms with E-state index < -0.39 is 0 Å². The molecule has 1 N–H and O–H groups in total. The number of aldehydes is 1. The molecule has 0 atom stereocenters.